The van der Waals surface area contributed by atoms with Crippen LogP contribution in [0.1, 0.15) is 37.2 Å². The summed E-state index contributed by atoms with van der Waals surface area (Å²) in [7, 11) is 1.65. The second-order valence-corrected chi connectivity index (χ2v) is 3.98. The van der Waals surface area contributed by atoms with Crippen LogP contribution in [0.5, 0.6) is 5.75 Å². The molecule has 14 heavy (non-hydrogen) atoms. The Bertz CT molecular complexity index is 316. The van der Waals surface area contributed by atoms with E-state index >= 15 is 0 Å². The lowest BCUT2D eigenvalue weighted by molar-refractivity contribution is 0.416. The van der Waals surface area contributed by atoms with Crippen LogP contribution in [0.4, 0.5) is 5.69 Å². The molecule has 1 aliphatic rings. The molecule has 1 fully saturated rings. The average Bonchev–Trinajstić information content (AvgIpc) is 2.70. The largest absolute Gasteiger partial charge is 0.495 e. The van der Waals surface area contributed by atoms with Crippen molar-refractivity contribution in [1.29, 1.82) is 0 Å². The molecule has 0 unspecified atom stereocenters. The van der Waals surface area contributed by atoms with Crippen LogP contribution in [0, 0.1) is 0 Å². The second-order valence-electron chi connectivity index (χ2n) is 3.98. The van der Waals surface area contributed by atoms with Gasteiger partial charge in [0.05, 0.1) is 12.8 Å². The van der Waals surface area contributed by atoms with Gasteiger partial charge in [-0.25, -0.2) is 0 Å². The molecular formula is C12H17NO. The van der Waals surface area contributed by atoms with Gasteiger partial charge in [-0.2, -0.15) is 0 Å². The molecule has 2 N–H and O–H groups in total. The minimum absolute atomic E-state index is 0.725. The molecular weight excluding hydrogens is 174 g/mol. The van der Waals surface area contributed by atoms with Crippen LogP contribution in [0.25, 0.3) is 0 Å². The Kier molecular flexibility index (Phi) is 2.62. The molecule has 2 nitrogen and oxygen atoms in total. The minimum Gasteiger partial charge on any atom is -0.495 e. The van der Waals surface area contributed by atoms with Crippen LogP contribution >= 0.6 is 0 Å². The van der Waals surface area contributed by atoms with Crippen LogP contribution in [-0.2, 0) is 0 Å². The molecule has 1 aromatic rings. The SMILES string of the molecule is COc1ccc(C2CCCC2)cc1N. The summed E-state index contributed by atoms with van der Waals surface area (Å²) in [5, 5.41) is 0. The molecule has 2 rings (SSSR count). The fraction of sp³-hybridized carbons (Fsp3) is 0.500. The topological polar surface area (TPSA) is 35.2 Å². The van der Waals surface area contributed by atoms with Crippen molar-refractivity contribution in [3.63, 3.8) is 0 Å². The van der Waals surface area contributed by atoms with Crippen molar-refractivity contribution in [2.24, 2.45) is 0 Å². The van der Waals surface area contributed by atoms with Crippen molar-refractivity contribution >= 4 is 5.69 Å². The highest BCUT2D eigenvalue weighted by Gasteiger charge is 2.17. The smallest absolute Gasteiger partial charge is 0.141 e. The maximum Gasteiger partial charge on any atom is 0.141 e. The summed E-state index contributed by atoms with van der Waals surface area (Å²) in [5.74, 6) is 1.51. The molecule has 0 heterocycles. The number of hydrogen-bond donors (Lipinski definition) is 1. The number of nitrogens with two attached hydrogens (primary N) is 1. The average molecular weight is 191 g/mol. The molecule has 1 saturated carbocycles. The molecule has 0 amide bonds. The summed E-state index contributed by atoms with van der Waals surface area (Å²) in [5.41, 5.74) is 8.01. The first kappa shape index (κ1) is 9.38. The first-order valence-corrected chi connectivity index (χ1v) is 5.24. The molecule has 1 aromatic carbocycles. The fourth-order valence-electron chi connectivity index (χ4n) is 2.27. The van der Waals surface area contributed by atoms with E-state index in [0.29, 0.717) is 0 Å². The quantitative estimate of drug-likeness (QED) is 0.729. The first-order chi connectivity index (χ1) is 6.81. The molecule has 0 aliphatic heterocycles. The summed E-state index contributed by atoms with van der Waals surface area (Å²) >= 11 is 0. The van der Waals surface area contributed by atoms with Crippen LogP contribution in [-0.4, -0.2) is 7.11 Å². The van der Waals surface area contributed by atoms with Crippen molar-refractivity contribution in [2.45, 2.75) is 31.6 Å². The maximum absolute atomic E-state index is 5.87. The minimum atomic E-state index is 0.725. The maximum atomic E-state index is 5.87. The monoisotopic (exact) mass is 191 g/mol. The van der Waals surface area contributed by atoms with Crippen molar-refractivity contribution in [1.82, 2.24) is 0 Å². The Hall–Kier alpha value is -1.18. The standard InChI is InChI=1S/C12H17NO/c1-14-12-7-6-10(8-11(12)13)9-4-2-3-5-9/h6-9H,2-5,13H2,1H3. The summed E-state index contributed by atoms with van der Waals surface area (Å²) < 4.78 is 5.14. The number of methoxy groups -OCH3 is 1. The number of rotatable bonds is 2. The van der Waals surface area contributed by atoms with Crippen LogP contribution in [0.2, 0.25) is 0 Å². The van der Waals surface area contributed by atoms with Crippen LogP contribution < -0.4 is 10.5 Å². The van der Waals surface area contributed by atoms with E-state index in [0.717, 1.165) is 17.4 Å². The van der Waals surface area contributed by atoms with E-state index < -0.39 is 0 Å². The van der Waals surface area contributed by atoms with Crippen molar-refractivity contribution < 1.29 is 4.74 Å². The summed E-state index contributed by atoms with van der Waals surface area (Å²) in [6.07, 6.45) is 5.34. The van der Waals surface area contributed by atoms with E-state index in [2.05, 4.69) is 12.1 Å². The zero-order chi connectivity index (χ0) is 9.97. The van der Waals surface area contributed by atoms with Gasteiger partial charge in [0.2, 0.25) is 0 Å². The van der Waals surface area contributed by atoms with Gasteiger partial charge in [-0.05, 0) is 36.5 Å². The molecule has 0 atom stereocenters. The molecule has 2 heteroatoms. The third-order valence-electron chi connectivity index (χ3n) is 3.08. The highest BCUT2D eigenvalue weighted by Crippen LogP contribution is 2.36. The molecule has 0 radical (unpaired) electrons. The number of nitrogen functional groups attached to an aromatic ring is 1. The third-order valence-corrected chi connectivity index (χ3v) is 3.08. The Morgan fingerprint density at radius 3 is 2.57 bits per heavy atom. The van der Waals surface area contributed by atoms with Gasteiger partial charge in [0.15, 0.2) is 0 Å². The predicted molar refractivity (Wildman–Crippen MR) is 58.6 cm³/mol. The molecule has 0 spiro atoms. The number of ether oxygens (including phenoxy) is 1. The van der Waals surface area contributed by atoms with Gasteiger partial charge >= 0.3 is 0 Å². The van der Waals surface area contributed by atoms with E-state index in [1.807, 2.05) is 6.07 Å². The number of anilines is 1. The number of benzene rings is 1. The zero-order valence-corrected chi connectivity index (χ0v) is 8.62. The predicted octanol–water partition coefficient (Wildman–Crippen LogP) is 2.94. The highest BCUT2D eigenvalue weighted by molar-refractivity contribution is 5.54. The summed E-state index contributed by atoms with van der Waals surface area (Å²) in [4.78, 5) is 0. The van der Waals surface area contributed by atoms with E-state index in [-0.39, 0.29) is 0 Å². The molecule has 0 aromatic heterocycles. The van der Waals surface area contributed by atoms with E-state index in [4.69, 9.17) is 10.5 Å². The molecule has 1 aliphatic carbocycles. The fourth-order valence-corrected chi connectivity index (χ4v) is 2.27. The lowest BCUT2D eigenvalue weighted by Crippen LogP contribution is -1.97. The Morgan fingerprint density at radius 2 is 2.00 bits per heavy atom. The van der Waals surface area contributed by atoms with E-state index in [1.54, 1.807) is 7.11 Å². The van der Waals surface area contributed by atoms with Crippen molar-refractivity contribution in [2.75, 3.05) is 12.8 Å². The van der Waals surface area contributed by atoms with Crippen molar-refractivity contribution in [3.05, 3.63) is 23.8 Å². The Balaban J connectivity index is 2.23. The third kappa shape index (κ3) is 1.69. The summed E-state index contributed by atoms with van der Waals surface area (Å²) in [6, 6.07) is 6.18. The van der Waals surface area contributed by atoms with Crippen molar-refractivity contribution in [3.8, 4) is 5.75 Å². The van der Waals surface area contributed by atoms with Gasteiger partial charge in [-0.15, -0.1) is 0 Å². The van der Waals surface area contributed by atoms with Crippen LogP contribution in [0.3, 0.4) is 0 Å². The molecule has 0 saturated heterocycles. The zero-order valence-electron chi connectivity index (χ0n) is 8.62. The molecule has 76 valence electrons. The Morgan fingerprint density at radius 1 is 1.29 bits per heavy atom. The lowest BCUT2D eigenvalue weighted by atomic mass is 9.97. The van der Waals surface area contributed by atoms with Gasteiger partial charge in [0, 0.05) is 0 Å². The van der Waals surface area contributed by atoms with Gasteiger partial charge in [-0.1, -0.05) is 18.9 Å². The lowest BCUT2D eigenvalue weighted by Gasteiger charge is -2.12. The van der Waals surface area contributed by atoms with Gasteiger partial charge in [0.25, 0.3) is 0 Å². The number of hydrogen-bond acceptors (Lipinski definition) is 2. The van der Waals surface area contributed by atoms with Crippen LogP contribution in [0.15, 0.2) is 18.2 Å². The Labute approximate surface area is 85.1 Å². The normalized spacial score (nSPS) is 17.2. The van der Waals surface area contributed by atoms with E-state index in [9.17, 15) is 0 Å². The van der Waals surface area contributed by atoms with Gasteiger partial charge in [0.1, 0.15) is 5.75 Å². The molecule has 0 bridgehead atoms. The second kappa shape index (κ2) is 3.91. The summed E-state index contributed by atoms with van der Waals surface area (Å²) in [6.45, 7) is 0. The van der Waals surface area contributed by atoms with Gasteiger partial charge < -0.3 is 10.5 Å². The first-order valence-electron chi connectivity index (χ1n) is 5.24. The van der Waals surface area contributed by atoms with Gasteiger partial charge in [-0.3, -0.25) is 0 Å². The highest BCUT2D eigenvalue weighted by atomic mass is 16.5. The van der Waals surface area contributed by atoms with E-state index in [1.165, 1.54) is 31.2 Å².